The monoisotopic (exact) mass is 333 g/mol. The molecule has 1 aliphatic heterocycles. The molecule has 120 valence electrons. The van der Waals surface area contributed by atoms with Crippen LogP contribution in [0.2, 0.25) is 0 Å². The lowest BCUT2D eigenvalue weighted by atomic mass is 10.1. The SMILES string of the molecule is COc1ccccc1C(=O)N1C(C(=O)O)CSC1c1ccco1. The second-order valence-corrected chi connectivity index (χ2v) is 6.08. The highest BCUT2D eigenvalue weighted by molar-refractivity contribution is 7.99. The molecule has 0 radical (unpaired) electrons. The van der Waals surface area contributed by atoms with Crippen molar-refractivity contribution in [2.24, 2.45) is 0 Å². The van der Waals surface area contributed by atoms with E-state index in [4.69, 9.17) is 9.15 Å². The first-order chi connectivity index (χ1) is 11.1. The van der Waals surface area contributed by atoms with Crippen LogP contribution in [0.4, 0.5) is 0 Å². The molecule has 0 aliphatic carbocycles. The summed E-state index contributed by atoms with van der Waals surface area (Å²) in [6.45, 7) is 0. The van der Waals surface area contributed by atoms with Gasteiger partial charge in [-0.3, -0.25) is 4.79 Å². The third-order valence-electron chi connectivity index (χ3n) is 3.64. The Bertz CT molecular complexity index is 715. The Morgan fingerprint density at radius 2 is 2.09 bits per heavy atom. The zero-order chi connectivity index (χ0) is 16.4. The Kier molecular flexibility index (Phi) is 4.29. The molecule has 1 aliphatic rings. The summed E-state index contributed by atoms with van der Waals surface area (Å²) in [5.41, 5.74) is 0.334. The third-order valence-corrected chi connectivity index (χ3v) is 4.93. The maximum Gasteiger partial charge on any atom is 0.327 e. The number of furan rings is 1. The summed E-state index contributed by atoms with van der Waals surface area (Å²) in [5.74, 6) is -0.142. The average Bonchev–Trinajstić information content (AvgIpc) is 3.22. The molecule has 0 spiro atoms. The Hall–Kier alpha value is -2.41. The molecule has 0 saturated carbocycles. The third kappa shape index (κ3) is 2.79. The maximum absolute atomic E-state index is 13.0. The van der Waals surface area contributed by atoms with Crippen molar-refractivity contribution >= 4 is 23.6 Å². The summed E-state index contributed by atoms with van der Waals surface area (Å²) >= 11 is 1.37. The molecule has 7 heteroatoms. The van der Waals surface area contributed by atoms with Crippen LogP contribution in [0.25, 0.3) is 0 Å². The summed E-state index contributed by atoms with van der Waals surface area (Å²) < 4.78 is 10.6. The van der Waals surface area contributed by atoms with Gasteiger partial charge in [0.05, 0.1) is 18.9 Å². The summed E-state index contributed by atoms with van der Waals surface area (Å²) in [6.07, 6.45) is 1.51. The number of carbonyl (C=O) groups excluding carboxylic acids is 1. The second-order valence-electron chi connectivity index (χ2n) is 4.97. The molecule has 0 bridgehead atoms. The van der Waals surface area contributed by atoms with Crippen LogP contribution >= 0.6 is 11.8 Å². The van der Waals surface area contributed by atoms with Gasteiger partial charge in [-0.05, 0) is 24.3 Å². The van der Waals surface area contributed by atoms with Gasteiger partial charge in [-0.25, -0.2) is 4.79 Å². The molecule has 1 N–H and O–H groups in total. The number of carbonyl (C=O) groups is 2. The zero-order valence-corrected chi connectivity index (χ0v) is 13.2. The van der Waals surface area contributed by atoms with E-state index in [1.165, 1.54) is 30.0 Å². The Morgan fingerprint density at radius 3 is 2.74 bits per heavy atom. The lowest BCUT2D eigenvalue weighted by Gasteiger charge is -2.26. The zero-order valence-electron chi connectivity index (χ0n) is 12.3. The number of amides is 1. The predicted octanol–water partition coefficient (Wildman–Crippen LogP) is 2.63. The van der Waals surface area contributed by atoms with Crippen LogP contribution in [0, 0.1) is 0 Å². The number of hydrogen-bond donors (Lipinski definition) is 1. The van der Waals surface area contributed by atoms with Gasteiger partial charge >= 0.3 is 5.97 Å². The summed E-state index contributed by atoms with van der Waals surface area (Å²) in [6, 6.07) is 9.33. The van der Waals surface area contributed by atoms with Crippen molar-refractivity contribution in [2.45, 2.75) is 11.4 Å². The van der Waals surface area contributed by atoms with Crippen molar-refractivity contribution in [3.8, 4) is 5.75 Å². The smallest absolute Gasteiger partial charge is 0.327 e. The normalized spacial score (nSPS) is 20.5. The van der Waals surface area contributed by atoms with Gasteiger partial charge in [-0.1, -0.05) is 12.1 Å². The van der Waals surface area contributed by atoms with Gasteiger partial charge in [0.15, 0.2) is 0 Å². The minimum atomic E-state index is -1.03. The molecule has 1 amide bonds. The Labute approximate surface area is 137 Å². The highest BCUT2D eigenvalue weighted by atomic mass is 32.2. The van der Waals surface area contributed by atoms with E-state index >= 15 is 0 Å². The number of carboxylic acid groups (broad SMARTS) is 1. The molecule has 2 unspecified atom stereocenters. The highest BCUT2D eigenvalue weighted by Gasteiger charge is 2.44. The van der Waals surface area contributed by atoms with Gasteiger partial charge in [0.1, 0.15) is 22.9 Å². The minimum absolute atomic E-state index is 0.307. The average molecular weight is 333 g/mol. The first kappa shape index (κ1) is 15.5. The van der Waals surface area contributed by atoms with Gasteiger partial charge in [-0.15, -0.1) is 11.8 Å². The molecular weight excluding hydrogens is 318 g/mol. The van der Waals surface area contributed by atoms with E-state index in [0.29, 0.717) is 22.8 Å². The molecule has 2 heterocycles. The van der Waals surface area contributed by atoms with E-state index in [0.717, 1.165) is 0 Å². The van der Waals surface area contributed by atoms with Gasteiger partial charge in [0.2, 0.25) is 0 Å². The summed E-state index contributed by atoms with van der Waals surface area (Å²) in [5, 5.41) is 8.98. The van der Waals surface area contributed by atoms with Crippen LogP contribution in [0.5, 0.6) is 5.75 Å². The number of hydrogen-bond acceptors (Lipinski definition) is 5. The molecule has 1 aromatic carbocycles. The predicted molar refractivity (Wildman–Crippen MR) is 84.5 cm³/mol. The molecular formula is C16H15NO5S. The molecule has 1 aromatic heterocycles. The number of carboxylic acids is 1. The molecule has 2 aromatic rings. The van der Waals surface area contributed by atoms with E-state index in [9.17, 15) is 14.7 Å². The van der Waals surface area contributed by atoms with Crippen LogP contribution < -0.4 is 4.74 Å². The molecule has 6 nitrogen and oxygen atoms in total. The van der Waals surface area contributed by atoms with Gasteiger partial charge in [-0.2, -0.15) is 0 Å². The summed E-state index contributed by atoms with van der Waals surface area (Å²) in [4.78, 5) is 25.9. The lowest BCUT2D eigenvalue weighted by molar-refractivity contribution is -0.141. The molecule has 2 atom stereocenters. The van der Waals surface area contributed by atoms with Gasteiger partial charge < -0.3 is 19.2 Å². The number of aliphatic carboxylic acids is 1. The number of rotatable bonds is 4. The van der Waals surface area contributed by atoms with E-state index in [1.807, 2.05) is 0 Å². The number of benzene rings is 1. The Morgan fingerprint density at radius 1 is 1.30 bits per heavy atom. The van der Waals surface area contributed by atoms with E-state index in [1.54, 1.807) is 36.4 Å². The maximum atomic E-state index is 13.0. The van der Waals surface area contributed by atoms with Crippen LogP contribution in [-0.4, -0.2) is 40.8 Å². The molecule has 1 saturated heterocycles. The second kappa shape index (κ2) is 6.37. The largest absolute Gasteiger partial charge is 0.496 e. The van der Waals surface area contributed by atoms with Gasteiger partial charge in [0, 0.05) is 5.75 Å². The molecule has 3 rings (SSSR count). The van der Waals surface area contributed by atoms with Gasteiger partial charge in [0.25, 0.3) is 5.91 Å². The van der Waals surface area contributed by atoms with Crippen LogP contribution in [-0.2, 0) is 4.79 Å². The fourth-order valence-electron chi connectivity index (χ4n) is 2.56. The quantitative estimate of drug-likeness (QED) is 0.926. The number of thioether (sulfide) groups is 1. The fourth-order valence-corrected chi connectivity index (χ4v) is 3.93. The van der Waals surface area contributed by atoms with E-state index in [2.05, 4.69) is 0 Å². The topological polar surface area (TPSA) is 80.0 Å². The van der Waals surface area contributed by atoms with Crippen LogP contribution in [0.15, 0.2) is 47.1 Å². The first-order valence-electron chi connectivity index (χ1n) is 6.97. The Balaban J connectivity index is 2.01. The van der Waals surface area contributed by atoms with E-state index < -0.39 is 17.4 Å². The molecule has 1 fully saturated rings. The van der Waals surface area contributed by atoms with Crippen molar-refractivity contribution < 1.29 is 23.8 Å². The van der Waals surface area contributed by atoms with Crippen molar-refractivity contribution in [3.63, 3.8) is 0 Å². The lowest BCUT2D eigenvalue weighted by Crippen LogP contribution is -2.43. The van der Waals surface area contributed by atoms with Crippen LogP contribution in [0.1, 0.15) is 21.5 Å². The first-order valence-corrected chi connectivity index (χ1v) is 8.02. The molecule has 23 heavy (non-hydrogen) atoms. The van der Waals surface area contributed by atoms with Crippen molar-refractivity contribution in [1.82, 2.24) is 4.90 Å². The number of nitrogens with zero attached hydrogens (tertiary/aromatic N) is 1. The van der Waals surface area contributed by atoms with Crippen molar-refractivity contribution in [3.05, 3.63) is 54.0 Å². The van der Waals surface area contributed by atoms with Crippen molar-refractivity contribution in [2.75, 3.05) is 12.9 Å². The number of para-hydroxylation sites is 1. The summed E-state index contributed by atoms with van der Waals surface area (Å²) in [7, 11) is 1.48. The standard InChI is InChI=1S/C16H15NO5S/c1-21-12-6-3-2-5-10(12)14(18)17-11(16(19)20)9-23-15(17)13-7-4-8-22-13/h2-8,11,15H,9H2,1H3,(H,19,20). The van der Waals surface area contributed by atoms with Crippen molar-refractivity contribution in [1.29, 1.82) is 0 Å². The number of methoxy groups -OCH3 is 1. The fraction of sp³-hybridized carbons (Fsp3) is 0.250. The van der Waals surface area contributed by atoms with Crippen LogP contribution in [0.3, 0.4) is 0 Å². The number of ether oxygens (including phenoxy) is 1. The minimum Gasteiger partial charge on any atom is -0.496 e. The highest BCUT2D eigenvalue weighted by Crippen LogP contribution is 2.43. The van der Waals surface area contributed by atoms with E-state index in [-0.39, 0.29) is 5.91 Å².